The van der Waals surface area contributed by atoms with Crippen LogP contribution in [0, 0.1) is 0 Å². The molecule has 4 heteroatoms. The Kier molecular flexibility index (Phi) is 8.15. The van der Waals surface area contributed by atoms with E-state index >= 15 is 0 Å². The minimum absolute atomic E-state index is 0.0257. The van der Waals surface area contributed by atoms with Gasteiger partial charge in [0, 0.05) is 27.7 Å². The van der Waals surface area contributed by atoms with Gasteiger partial charge in [0.15, 0.2) is 0 Å². The molecule has 3 nitrogen and oxygen atoms in total. The summed E-state index contributed by atoms with van der Waals surface area (Å²) in [5.41, 5.74) is 13.6. The highest BCUT2D eigenvalue weighted by atomic mass is 32.1. The summed E-state index contributed by atoms with van der Waals surface area (Å²) in [5, 5.41) is 5.74. The number of benzene rings is 8. The van der Waals surface area contributed by atoms with E-state index in [4.69, 9.17) is 9.40 Å². The standard InChI is InChI=1S/C53H36N2OS/c1-4-13-35(14-5-1)36-23-25-40(26-24-36)55(41-27-29-44(37-15-6-2-7-16-37)46(33-41)45-22-12-20-38-17-10-11-21-43(38)45)42-28-31-49-47(34-42)51-50(56-49)32-30-48-52(51)57-53(54-48)39-18-8-3-9-19-39/h1-32,34,41H,33H2. The molecule has 0 spiro atoms. The Labute approximate surface area is 335 Å². The van der Waals surface area contributed by atoms with Crippen LogP contribution in [0.25, 0.3) is 75.8 Å². The van der Waals surface area contributed by atoms with Crippen LogP contribution in [-0.4, -0.2) is 11.0 Å². The first-order valence-electron chi connectivity index (χ1n) is 19.5. The Morgan fingerprint density at radius 1 is 0.544 bits per heavy atom. The Bertz CT molecular complexity index is 3140. The fourth-order valence-electron chi connectivity index (χ4n) is 8.57. The van der Waals surface area contributed by atoms with E-state index < -0.39 is 0 Å². The molecular weight excluding hydrogens is 713 g/mol. The molecule has 0 N–H and O–H groups in total. The van der Waals surface area contributed by atoms with Gasteiger partial charge in [0.2, 0.25) is 0 Å². The quantitative estimate of drug-likeness (QED) is 0.163. The minimum atomic E-state index is 0.0257. The number of anilines is 2. The Balaban J connectivity index is 1.09. The summed E-state index contributed by atoms with van der Waals surface area (Å²) < 4.78 is 7.69. The lowest BCUT2D eigenvalue weighted by Crippen LogP contribution is -2.31. The van der Waals surface area contributed by atoms with E-state index in [-0.39, 0.29) is 6.04 Å². The van der Waals surface area contributed by atoms with Gasteiger partial charge in [0.05, 0.1) is 16.3 Å². The molecule has 2 heterocycles. The first-order chi connectivity index (χ1) is 28.2. The van der Waals surface area contributed by atoms with Crippen LogP contribution in [0.1, 0.15) is 17.5 Å². The molecule has 0 aliphatic heterocycles. The van der Waals surface area contributed by atoms with E-state index in [1.807, 2.05) is 6.07 Å². The van der Waals surface area contributed by atoms with Gasteiger partial charge < -0.3 is 9.32 Å². The molecule has 10 aromatic rings. The first kappa shape index (κ1) is 33.3. The van der Waals surface area contributed by atoms with Crippen molar-refractivity contribution in [3.63, 3.8) is 0 Å². The highest BCUT2D eigenvalue weighted by Crippen LogP contribution is 2.45. The molecule has 1 aliphatic carbocycles. The van der Waals surface area contributed by atoms with Crippen molar-refractivity contribution in [3.05, 3.63) is 211 Å². The van der Waals surface area contributed by atoms with E-state index in [1.165, 1.54) is 44.2 Å². The number of rotatable bonds is 7. The molecule has 0 saturated carbocycles. The van der Waals surface area contributed by atoms with Crippen LogP contribution in [0.2, 0.25) is 0 Å². The lowest BCUT2D eigenvalue weighted by molar-refractivity contribution is 0.669. The van der Waals surface area contributed by atoms with Crippen LogP contribution in [0.5, 0.6) is 0 Å². The molecular formula is C53H36N2OS. The smallest absolute Gasteiger partial charge is 0.137 e. The minimum Gasteiger partial charge on any atom is -0.456 e. The van der Waals surface area contributed by atoms with Crippen molar-refractivity contribution < 1.29 is 4.42 Å². The van der Waals surface area contributed by atoms with Crippen molar-refractivity contribution in [1.29, 1.82) is 0 Å². The molecule has 1 aliphatic rings. The van der Waals surface area contributed by atoms with E-state index in [0.29, 0.717) is 0 Å². The van der Waals surface area contributed by atoms with Crippen LogP contribution in [0.15, 0.2) is 205 Å². The summed E-state index contributed by atoms with van der Waals surface area (Å²) >= 11 is 1.73. The molecule has 8 aromatic carbocycles. The largest absolute Gasteiger partial charge is 0.456 e. The average Bonchev–Trinajstić information content (AvgIpc) is 3.89. The van der Waals surface area contributed by atoms with Crippen molar-refractivity contribution in [2.24, 2.45) is 0 Å². The van der Waals surface area contributed by atoms with Gasteiger partial charge in [0.1, 0.15) is 16.2 Å². The van der Waals surface area contributed by atoms with E-state index in [9.17, 15) is 0 Å². The number of hydrogen-bond acceptors (Lipinski definition) is 4. The zero-order valence-electron chi connectivity index (χ0n) is 31.0. The van der Waals surface area contributed by atoms with Gasteiger partial charge in [-0.25, -0.2) is 4.98 Å². The van der Waals surface area contributed by atoms with Gasteiger partial charge in [-0.15, -0.1) is 11.3 Å². The molecule has 11 rings (SSSR count). The van der Waals surface area contributed by atoms with Crippen LogP contribution in [-0.2, 0) is 0 Å². The fourth-order valence-corrected chi connectivity index (χ4v) is 9.69. The van der Waals surface area contributed by atoms with E-state index in [2.05, 4.69) is 199 Å². The second kappa shape index (κ2) is 13.9. The molecule has 0 amide bonds. The number of fused-ring (bicyclic) bond motifs is 6. The zero-order valence-corrected chi connectivity index (χ0v) is 31.9. The van der Waals surface area contributed by atoms with Crippen molar-refractivity contribution in [2.75, 3.05) is 4.90 Å². The molecule has 1 unspecified atom stereocenters. The Morgan fingerprint density at radius 2 is 1.19 bits per heavy atom. The molecule has 270 valence electrons. The van der Waals surface area contributed by atoms with Crippen LogP contribution < -0.4 is 4.90 Å². The topological polar surface area (TPSA) is 29.3 Å². The average molecular weight is 749 g/mol. The third-order valence-electron chi connectivity index (χ3n) is 11.3. The van der Waals surface area contributed by atoms with Gasteiger partial charge in [-0.3, -0.25) is 0 Å². The van der Waals surface area contributed by atoms with E-state index in [1.54, 1.807) is 11.3 Å². The number of allylic oxidation sites excluding steroid dienone is 2. The van der Waals surface area contributed by atoms with Gasteiger partial charge in [-0.05, 0) is 93.1 Å². The molecule has 57 heavy (non-hydrogen) atoms. The Morgan fingerprint density at radius 3 is 1.98 bits per heavy atom. The predicted octanol–water partition coefficient (Wildman–Crippen LogP) is 14.8. The third-order valence-corrected chi connectivity index (χ3v) is 12.4. The van der Waals surface area contributed by atoms with Gasteiger partial charge >= 0.3 is 0 Å². The molecule has 0 radical (unpaired) electrons. The zero-order chi connectivity index (χ0) is 37.7. The summed E-state index contributed by atoms with van der Waals surface area (Å²) in [4.78, 5) is 7.59. The van der Waals surface area contributed by atoms with Gasteiger partial charge in [0.25, 0.3) is 0 Å². The summed E-state index contributed by atoms with van der Waals surface area (Å²) in [6.45, 7) is 0. The molecule has 0 fully saturated rings. The molecule has 2 aromatic heterocycles. The maximum Gasteiger partial charge on any atom is 0.137 e. The van der Waals surface area contributed by atoms with Crippen molar-refractivity contribution in [2.45, 2.75) is 12.5 Å². The number of aromatic nitrogens is 1. The predicted molar refractivity (Wildman–Crippen MR) is 241 cm³/mol. The number of hydrogen-bond donors (Lipinski definition) is 0. The van der Waals surface area contributed by atoms with Crippen molar-refractivity contribution in [3.8, 4) is 21.7 Å². The lowest BCUT2D eigenvalue weighted by atomic mass is 9.83. The normalized spacial score (nSPS) is 14.3. The molecule has 0 saturated heterocycles. The van der Waals surface area contributed by atoms with Gasteiger partial charge in [-0.1, -0.05) is 158 Å². The Hall–Kier alpha value is -7.01. The highest BCUT2D eigenvalue weighted by Gasteiger charge is 2.27. The van der Waals surface area contributed by atoms with Crippen molar-refractivity contribution in [1.82, 2.24) is 4.98 Å². The third kappa shape index (κ3) is 5.94. The first-order valence-corrected chi connectivity index (χ1v) is 20.3. The van der Waals surface area contributed by atoms with Crippen LogP contribution >= 0.6 is 11.3 Å². The van der Waals surface area contributed by atoms with Crippen LogP contribution in [0.4, 0.5) is 11.4 Å². The summed E-state index contributed by atoms with van der Waals surface area (Å²) in [5.74, 6) is 0. The summed E-state index contributed by atoms with van der Waals surface area (Å²) in [7, 11) is 0. The maximum atomic E-state index is 6.54. The SMILES string of the molecule is C1=CC(N(c2ccc(-c3ccccc3)cc2)c2ccc3oc4ccc5nc(-c6ccccc6)sc5c4c3c2)CC(c2cccc3ccccc23)=C1c1ccccc1. The highest BCUT2D eigenvalue weighted by molar-refractivity contribution is 7.22. The summed E-state index contributed by atoms with van der Waals surface area (Å²) in [6, 6.07) is 67.2. The molecule has 0 bridgehead atoms. The number of nitrogens with zero attached hydrogens (tertiary/aromatic N) is 2. The number of thiazole rings is 1. The number of furan rings is 1. The van der Waals surface area contributed by atoms with E-state index in [0.717, 1.165) is 60.5 Å². The lowest BCUT2D eigenvalue weighted by Gasteiger charge is -2.35. The second-order valence-corrected chi connectivity index (χ2v) is 15.7. The monoisotopic (exact) mass is 748 g/mol. The second-order valence-electron chi connectivity index (χ2n) is 14.7. The summed E-state index contributed by atoms with van der Waals surface area (Å²) in [6.07, 6.45) is 5.57. The van der Waals surface area contributed by atoms with Crippen molar-refractivity contribution >= 4 is 76.8 Å². The fraction of sp³-hybridized carbons (Fsp3) is 0.0377. The molecule has 1 atom stereocenters. The van der Waals surface area contributed by atoms with Gasteiger partial charge in [-0.2, -0.15) is 0 Å². The van der Waals surface area contributed by atoms with Crippen LogP contribution in [0.3, 0.4) is 0 Å². The maximum absolute atomic E-state index is 6.54.